The SMILES string of the molecule is C#CCCCCC(=O)NCc1cn[nH]c1N. The molecule has 0 atom stereocenters. The topological polar surface area (TPSA) is 83.8 Å². The van der Waals surface area contributed by atoms with E-state index in [-0.39, 0.29) is 5.91 Å². The fourth-order valence-electron chi connectivity index (χ4n) is 1.26. The molecular weight excluding hydrogens is 204 g/mol. The molecule has 0 spiro atoms. The molecule has 0 fully saturated rings. The number of aromatic nitrogens is 2. The van der Waals surface area contributed by atoms with Crippen LogP contribution in [-0.2, 0) is 11.3 Å². The second kappa shape index (κ2) is 6.51. The molecule has 16 heavy (non-hydrogen) atoms. The maximum atomic E-state index is 11.4. The lowest BCUT2D eigenvalue weighted by Crippen LogP contribution is -2.22. The van der Waals surface area contributed by atoms with E-state index >= 15 is 0 Å². The normalized spacial score (nSPS) is 9.69. The van der Waals surface area contributed by atoms with Crippen molar-refractivity contribution in [3.8, 4) is 12.3 Å². The molecule has 0 bridgehead atoms. The molecule has 1 heterocycles. The quantitative estimate of drug-likeness (QED) is 0.490. The first-order chi connectivity index (χ1) is 7.74. The summed E-state index contributed by atoms with van der Waals surface area (Å²) < 4.78 is 0. The first kappa shape index (κ1) is 12.1. The maximum Gasteiger partial charge on any atom is 0.220 e. The third-order valence-corrected chi connectivity index (χ3v) is 2.20. The number of carbonyl (C=O) groups is 1. The number of nitrogens with one attached hydrogen (secondary N) is 2. The number of rotatable bonds is 6. The lowest BCUT2D eigenvalue weighted by Gasteiger charge is -2.03. The standard InChI is InChI=1S/C11H16N4O/c1-2-3-4-5-6-10(16)13-7-9-8-14-15-11(9)12/h1,8H,3-7H2,(H,13,16)(H3,12,14,15). The van der Waals surface area contributed by atoms with E-state index in [4.69, 9.17) is 12.2 Å². The van der Waals surface area contributed by atoms with Gasteiger partial charge in [-0.2, -0.15) is 5.10 Å². The first-order valence-electron chi connectivity index (χ1n) is 5.22. The second-order valence-electron chi connectivity index (χ2n) is 3.50. The number of hydrogen-bond acceptors (Lipinski definition) is 3. The molecule has 1 aromatic rings. The van der Waals surface area contributed by atoms with Crippen LogP contribution in [0.2, 0.25) is 0 Å². The van der Waals surface area contributed by atoms with E-state index in [1.54, 1.807) is 6.20 Å². The van der Waals surface area contributed by atoms with Crippen molar-refractivity contribution in [3.63, 3.8) is 0 Å². The Morgan fingerprint density at radius 2 is 2.44 bits per heavy atom. The van der Waals surface area contributed by atoms with Crippen LogP contribution in [0.3, 0.4) is 0 Å². The number of unbranched alkanes of at least 4 members (excludes halogenated alkanes) is 2. The highest BCUT2D eigenvalue weighted by Crippen LogP contribution is 2.05. The number of hydrogen-bond donors (Lipinski definition) is 3. The van der Waals surface area contributed by atoms with Gasteiger partial charge in [-0.15, -0.1) is 12.3 Å². The van der Waals surface area contributed by atoms with E-state index in [2.05, 4.69) is 21.4 Å². The van der Waals surface area contributed by atoms with Crippen LogP contribution in [0.4, 0.5) is 5.82 Å². The van der Waals surface area contributed by atoms with Crippen molar-refractivity contribution in [1.82, 2.24) is 15.5 Å². The Hall–Kier alpha value is -1.96. The summed E-state index contributed by atoms with van der Waals surface area (Å²) in [4.78, 5) is 11.4. The number of carbonyl (C=O) groups excluding carboxylic acids is 1. The smallest absolute Gasteiger partial charge is 0.220 e. The predicted octanol–water partition coefficient (Wildman–Crippen LogP) is 0.802. The number of nitrogens with two attached hydrogens (primary N) is 1. The summed E-state index contributed by atoms with van der Waals surface area (Å²) in [6.07, 6.45) is 9.64. The molecule has 4 N–H and O–H groups in total. The molecule has 0 saturated heterocycles. The molecule has 0 aliphatic heterocycles. The van der Waals surface area contributed by atoms with Crippen LogP contribution in [0.5, 0.6) is 0 Å². The summed E-state index contributed by atoms with van der Waals surface area (Å²) in [6, 6.07) is 0. The van der Waals surface area contributed by atoms with Crippen molar-refractivity contribution in [2.75, 3.05) is 5.73 Å². The first-order valence-corrected chi connectivity index (χ1v) is 5.22. The monoisotopic (exact) mass is 220 g/mol. The van der Waals surface area contributed by atoms with Gasteiger partial charge in [0.15, 0.2) is 0 Å². The fraction of sp³-hybridized carbons (Fsp3) is 0.455. The van der Waals surface area contributed by atoms with Gasteiger partial charge in [0.1, 0.15) is 5.82 Å². The third kappa shape index (κ3) is 4.05. The zero-order valence-corrected chi connectivity index (χ0v) is 9.12. The summed E-state index contributed by atoms with van der Waals surface area (Å²) in [5, 5.41) is 9.14. The van der Waals surface area contributed by atoms with Crippen molar-refractivity contribution in [1.29, 1.82) is 0 Å². The lowest BCUT2D eigenvalue weighted by molar-refractivity contribution is -0.121. The van der Waals surface area contributed by atoms with Crippen LogP contribution < -0.4 is 11.1 Å². The number of nitrogen functional groups attached to an aromatic ring is 1. The van der Waals surface area contributed by atoms with Crippen LogP contribution >= 0.6 is 0 Å². The molecule has 86 valence electrons. The summed E-state index contributed by atoms with van der Waals surface area (Å²) in [7, 11) is 0. The molecule has 1 aromatic heterocycles. The van der Waals surface area contributed by atoms with Crippen LogP contribution in [0.25, 0.3) is 0 Å². The lowest BCUT2D eigenvalue weighted by atomic mass is 10.2. The molecule has 0 unspecified atom stereocenters. The predicted molar refractivity (Wildman–Crippen MR) is 62.1 cm³/mol. The number of nitrogens with zero attached hydrogens (tertiary/aromatic N) is 1. The number of amides is 1. The minimum Gasteiger partial charge on any atom is -0.384 e. The van der Waals surface area contributed by atoms with Gasteiger partial charge in [-0.25, -0.2) is 0 Å². The molecule has 0 saturated carbocycles. The maximum absolute atomic E-state index is 11.4. The van der Waals surface area contributed by atoms with Gasteiger partial charge in [0.2, 0.25) is 5.91 Å². The summed E-state index contributed by atoms with van der Waals surface area (Å²) in [5.74, 6) is 3.05. The molecular formula is C11H16N4O. The van der Waals surface area contributed by atoms with E-state index < -0.39 is 0 Å². The molecule has 5 heteroatoms. The second-order valence-corrected chi connectivity index (χ2v) is 3.50. The molecule has 0 radical (unpaired) electrons. The van der Waals surface area contributed by atoms with E-state index in [0.717, 1.165) is 24.8 Å². The summed E-state index contributed by atoms with van der Waals surface area (Å²) >= 11 is 0. The van der Waals surface area contributed by atoms with Crippen molar-refractivity contribution in [2.24, 2.45) is 0 Å². The fourth-order valence-corrected chi connectivity index (χ4v) is 1.26. The van der Waals surface area contributed by atoms with Gasteiger partial charge in [0.25, 0.3) is 0 Å². The van der Waals surface area contributed by atoms with Gasteiger partial charge >= 0.3 is 0 Å². The highest BCUT2D eigenvalue weighted by molar-refractivity contribution is 5.75. The Balaban J connectivity index is 2.16. The van der Waals surface area contributed by atoms with E-state index in [0.29, 0.717) is 18.8 Å². The van der Waals surface area contributed by atoms with Gasteiger partial charge < -0.3 is 11.1 Å². The molecule has 0 aromatic carbocycles. The van der Waals surface area contributed by atoms with Crippen molar-refractivity contribution in [2.45, 2.75) is 32.2 Å². The molecule has 0 aliphatic rings. The average Bonchev–Trinajstić information content (AvgIpc) is 2.67. The van der Waals surface area contributed by atoms with E-state index in [9.17, 15) is 4.79 Å². The highest BCUT2D eigenvalue weighted by atomic mass is 16.1. The number of anilines is 1. The summed E-state index contributed by atoms with van der Waals surface area (Å²) in [6.45, 7) is 0.413. The minimum atomic E-state index is 0.0117. The zero-order valence-electron chi connectivity index (χ0n) is 9.12. The third-order valence-electron chi connectivity index (χ3n) is 2.20. The number of H-pyrrole nitrogens is 1. The summed E-state index contributed by atoms with van der Waals surface area (Å²) in [5.41, 5.74) is 6.38. The molecule has 1 amide bonds. The minimum absolute atomic E-state index is 0.0117. The van der Waals surface area contributed by atoms with Gasteiger partial charge in [-0.3, -0.25) is 9.89 Å². The Labute approximate surface area is 94.8 Å². The Bertz CT molecular complexity index is 378. The van der Waals surface area contributed by atoms with Gasteiger partial charge in [0.05, 0.1) is 6.20 Å². The van der Waals surface area contributed by atoms with Gasteiger partial charge in [0, 0.05) is 24.9 Å². The van der Waals surface area contributed by atoms with Crippen LogP contribution in [-0.4, -0.2) is 16.1 Å². The van der Waals surface area contributed by atoms with E-state index in [1.807, 2.05) is 0 Å². The van der Waals surface area contributed by atoms with Crippen LogP contribution in [0.1, 0.15) is 31.2 Å². The van der Waals surface area contributed by atoms with Crippen molar-refractivity contribution < 1.29 is 4.79 Å². The average molecular weight is 220 g/mol. The molecule has 1 rings (SSSR count). The van der Waals surface area contributed by atoms with Gasteiger partial charge in [-0.05, 0) is 12.8 Å². The molecule has 5 nitrogen and oxygen atoms in total. The largest absolute Gasteiger partial charge is 0.384 e. The van der Waals surface area contributed by atoms with Crippen LogP contribution in [0.15, 0.2) is 6.20 Å². The number of aromatic amines is 1. The highest BCUT2D eigenvalue weighted by Gasteiger charge is 2.04. The van der Waals surface area contributed by atoms with E-state index in [1.165, 1.54) is 0 Å². The Morgan fingerprint density at radius 3 is 3.06 bits per heavy atom. The Morgan fingerprint density at radius 1 is 1.62 bits per heavy atom. The molecule has 0 aliphatic carbocycles. The Kier molecular flexibility index (Phi) is 4.93. The van der Waals surface area contributed by atoms with Crippen molar-refractivity contribution >= 4 is 11.7 Å². The van der Waals surface area contributed by atoms with Crippen molar-refractivity contribution in [3.05, 3.63) is 11.8 Å². The number of terminal acetylenes is 1. The van der Waals surface area contributed by atoms with Gasteiger partial charge in [-0.1, -0.05) is 0 Å². The zero-order chi connectivity index (χ0) is 11.8. The van der Waals surface area contributed by atoms with Crippen LogP contribution in [0, 0.1) is 12.3 Å².